The van der Waals surface area contributed by atoms with Crippen molar-refractivity contribution in [2.75, 3.05) is 6.54 Å². The number of hydrogen-bond donors (Lipinski definition) is 2. The first-order chi connectivity index (χ1) is 8.54. The van der Waals surface area contributed by atoms with E-state index >= 15 is 0 Å². The van der Waals surface area contributed by atoms with Crippen LogP contribution >= 0.6 is 11.6 Å². The summed E-state index contributed by atoms with van der Waals surface area (Å²) in [6.07, 6.45) is 4.30. The zero-order chi connectivity index (χ0) is 13.2. The summed E-state index contributed by atoms with van der Waals surface area (Å²) in [6, 6.07) is 5.41. The molecule has 1 aliphatic carbocycles. The van der Waals surface area contributed by atoms with Crippen LogP contribution in [0.4, 0.5) is 4.39 Å². The number of rotatable bonds is 3. The molecule has 100 valence electrons. The standard InChI is InChI=1S/C13H19AsClFN2/c15-11-7-9(1-2-12(11)16)14-13(8-17)5-3-10(18)4-6-13/h1-2,7,10,14H,3-6,8,17-18H2. The van der Waals surface area contributed by atoms with Gasteiger partial charge in [0.1, 0.15) is 0 Å². The predicted octanol–water partition coefficient (Wildman–Crippen LogP) is 1.56. The van der Waals surface area contributed by atoms with Crippen LogP contribution in [0.1, 0.15) is 25.7 Å². The summed E-state index contributed by atoms with van der Waals surface area (Å²) in [6.45, 7) is 0.703. The predicted molar refractivity (Wildman–Crippen MR) is 76.4 cm³/mol. The zero-order valence-electron chi connectivity index (χ0n) is 10.3. The van der Waals surface area contributed by atoms with E-state index in [-0.39, 0.29) is 15.0 Å². The monoisotopic (exact) mass is 332 g/mol. The van der Waals surface area contributed by atoms with Crippen molar-refractivity contribution in [3.63, 3.8) is 0 Å². The summed E-state index contributed by atoms with van der Waals surface area (Å²) in [5.41, 5.74) is 11.9. The third kappa shape index (κ3) is 3.27. The Labute approximate surface area is 119 Å². The van der Waals surface area contributed by atoms with Crippen LogP contribution in [0.5, 0.6) is 0 Å². The molecule has 18 heavy (non-hydrogen) atoms. The molecule has 2 nitrogen and oxygen atoms in total. The van der Waals surface area contributed by atoms with E-state index in [1.54, 1.807) is 6.07 Å². The van der Waals surface area contributed by atoms with Gasteiger partial charge in [-0.2, -0.15) is 0 Å². The van der Waals surface area contributed by atoms with Gasteiger partial charge in [0, 0.05) is 0 Å². The van der Waals surface area contributed by atoms with Crippen molar-refractivity contribution in [2.45, 2.75) is 35.9 Å². The minimum atomic E-state index is -0.414. The van der Waals surface area contributed by atoms with Crippen LogP contribution in [0, 0.1) is 5.82 Å². The van der Waals surface area contributed by atoms with Crippen molar-refractivity contribution >= 4 is 31.7 Å². The molecule has 0 heterocycles. The average molecular weight is 333 g/mol. The van der Waals surface area contributed by atoms with Crippen LogP contribution in [0.3, 0.4) is 0 Å². The van der Waals surface area contributed by atoms with E-state index in [4.69, 9.17) is 23.1 Å². The van der Waals surface area contributed by atoms with E-state index in [1.807, 2.05) is 6.07 Å². The Balaban J connectivity index is 2.12. The third-order valence-electron chi connectivity index (χ3n) is 3.71. The van der Waals surface area contributed by atoms with Gasteiger partial charge in [-0.15, -0.1) is 0 Å². The first-order valence-electron chi connectivity index (χ1n) is 6.23. The minimum absolute atomic E-state index is 0.218. The Morgan fingerprint density at radius 2 is 2.06 bits per heavy atom. The molecular formula is C13H19AsClFN2. The molecule has 5 heteroatoms. The molecule has 1 aromatic carbocycles. The summed E-state index contributed by atoms with van der Waals surface area (Å²) >= 11 is 5.42. The van der Waals surface area contributed by atoms with Crippen LogP contribution in [-0.4, -0.2) is 28.3 Å². The summed E-state index contributed by atoms with van der Waals surface area (Å²) < 4.78 is 14.6. The van der Waals surface area contributed by atoms with Gasteiger partial charge in [0.25, 0.3) is 0 Å². The molecule has 2 rings (SSSR count). The fraction of sp³-hybridized carbons (Fsp3) is 0.538. The first kappa shape index (κ1) is 14.3. The molecule has 1 aliphatic rings. The topological polar surface area (TPSA) is 52.0 Å². The average Bonchev–Trinajstić information content (AvgIpc) is 2.37. The molecule has 0 saturated heterocycles. The van der Waals surface area contributed by atoms with Gasteiger partial charge in [0.2, 0.25) is 0 Å². The van der Waals surface area contributed by atoms with Gasteiger partial charge in [0.05, 0.1) is 0 Å². The van der Waals surface area contributed by atoms with Crippen LogP contribution in [-0.2, 0) is 0 Å². The van der Waals surface area contributed by atoms with E-state index in [2.05, 4.69) is 0 Å². The van der Waals surface area contributed by atoms with Crippen molar-refractivity contribution in [2.24, 2.45) is 11.5 Å². The first-order valence-corrected chi connectivity index (χ1v) is 8.71. The Hall–Kier alpha value is -0.0816. The Morgan fingerprint density at radius 1 is 1.39 bits per heavy atom. The van der Waals surface area contributed by atoms with Crippen molar-refractivity contribution in [3.8, 4) is 0 Å². The van der Waals surface area contributed by atoms with Gasteiger partial charge in [-0.1, -0.05) is 0 Å². The molecule has 0 spiro atoms. The number of nitrogens with two attached hydrogens (primary N) is 2. The Kier molecular flexibility index (Phi) is 4.71. The normalized spacial score (nSPS) is 29.0. The van der Waals surface area contributed by atoms with Gasteiger partial charge in [-0.25, -0.2) is 0 Å². The van der Waals surface area contributed by atoms with Crippen LogP contribution < -0.4 is 15.8 Å². The maximum absolute atomic E-state index is 13.1. The van der Waals surface area contributed by atoms with Gasteiger partial charge < -0.3 is 0 Å². The Morgan fingerprint density at radius 3 is 2.61 bits per heavy atom. The van der Waals surface area contributed by atoms with Crippen LogP contribution in [0.25, 0.3) is 0 Å². The molecule has 1 fully saturated rings. The molecule has 1 atom stereocenters. The van der Waals surface area contributed by atoms with Crippen molar-refractivity contribution in [1.82, 2.24) is 0 Å². The van der Waals surface area contributed by atoms with Crippen molar-refractivity contribution in [1.29, 1.82) is 0 Å². The fourth-order valence-corrected chi connectivity index (χ4v) is 6.26. The van der Waals surface area contributed by atoms with Crippen LogP contribution in [0.2, 0.25) is 9.23 Å². The molecule has 0 radical (unpaired) electrons. The van der Waals surface area contributed by atoms with Crippen molar-refractivity contribution in [3.05, 3.63) is 29.0 Å². The van der Waals surface area contributed by atoms with Gasteiger partial charge in [-0.3, -0.25) is 0 Å². The second kappa shape index (κ2) is 5.92. The molecular weight excluding hydrogens is 314 g/mol. The van der Waals surface area contributed by atoms with E-state index < -0.39 is 15.8 Å². The Bertz CT molecular complexity index is 419. The zero-order valence-corrected chi connectivity index (χ0v) is 13.1. The third-order valence-corrected chi connectivity index (χ3v) is 7.85. The molecule has 0 aliphatic heterocycles. The quantitative estimate of drug-likeness (QED) is 0.825. The maximum atomic E-state index is 13.1. The summed E-state index contributed by atoms with van der Waals surface area (Å²) in [5, 5.41) is 0.218. The molecule has 0 bridgehead atoms. The van der Waals surface area contributed by atoms with E-state index in [9.17, 15) is 4.39 Å². The second-order valence-corrected chi connectivity index (χ2v) is 9.44. The van der Waals surface area contributed by atoms with Crippen molar-refractivity contribution < 1.29 is 4.39 Å². The fourth-order valence-electron chi connectivity index (χ4n) is 2.45. The molecule has 1 saturated carbocycles. The number of hydrogen-bond acceptors (Lipinski definition) is 2. The van der Waals surface area contributed by atoms with E-state index in [1.165, 1.54) is 10.4 Å². The van der Waals surface area contributed by atoms with E-state index in [0.717, 1.165) is 25.7 Å². The van der Waals surface area contributed by atoms with E-state index in [0.29, 0.717) is 12.6 Å². The number of benzene rings is 1. The van der Waals surface area contributed by atoms with Gasteiger partial charge >= 0.3 is 119 Å². The van der Waals surface area contributed by atoms with Crippen LogP contribution in [0.15, 0.2) is 18.2 Å². The van der Waals surface area contributed by atoms with Gasteiger partial charge in [0.15, 0.2) is 0 Å². The second-order valence-electron chi connectivity index (χ2n) is 5.08. The summed E-state index contributed by atoms with van der Waals surface area (Å²) in [5.74, 6) is -0.348. The number of halogens is 2. The molecule has 1 unspecified atom stereocenters. The summed E-state index contributed by atoms with van der Waals surface area (Å²) in [7, 11) is 0. The molecule has 4 N–H and O–H groups in total. The van der Waals surface area contributed by atoms with Gasteiger partial charge in [-0.05, 0) is 0 Å². The molecule has 0 amide bonds. The SMILES string of the molecule is NCC1([AsH]c2ccc(F)c(Cl)c2)CCC(N)CC1. The molecule has 0 aromatic heterocycles. The molecule has 1 aromatic rings. The summed E-state index contributed by atoms with van der Waals surface area (Å²) in [4.78, 5) is 0.